The molecule has 0 aliphatic rings. The Labute approximate surface area is 64.9 Å². The van der Waals surface area contributed by atoms with Crippen LogP contribution in [0.3, 0.4) is 0 Å². The van der Waals surface area contributed by atoms with Gasteiger partial charge in [-0.2, -0.15) is 0 Å². The molecule has 0 unspecified atom stereocenters. The van der Waals surface area contributed by atoms with E-state index in [9.17, 15) is 0 Å². The number of pyridine rings is 2. The molecule has 0 fully saturated rings. The highest BCUT2D eigenvalue weighted by Crippen LogP contribution is 2.07. The van der Waals surface area contributed by atoms with Gasteiger partial charge in [-0.25, -0.2) is 9.97 Å². The van der Waals surface area contributed by atoms with E-state index in [0.717, 1.165) is 16.7 Å². The second kappa shape index (κ2) is 2.31. The van der Waals surface area contributed by atoms with E-state index in [4.69, 9.17) is 0 Å². The van der Waals surface area contributed by atoms with Crippen molar-refractivity contribution in [2.45, 2.75) is 6.92 Å². The number of aromatic nitrogens is 2. The van der Waals surface area contributed by atoms with Crippen molar-refractivity contribution in [3.63, 3.8) is 0 Å². The van der Waals surface area contributed by atoms with Crippen LogP contribution >= 0.6 is 0 Å². The molecule has 0 aromatic carbocycles. The summed E-state index contributed by atoms with van der Waals surface area (Å²) < 4.78 is 0. The summed E-state index contributed by atoms with van der Waals surface area (Å²) in [6.45, 7) is 1.97. The second-order valence-electron chi connectivity index (χ2n) is 2.50. The van der Waals surface area contributed by atoms with Gasteiger partial charge in [0.1, 0.15) is 0 Å². The van der Waals surface area contributed by atoms with Gasteiger partial charge in [0.2, 0.25) is 0 Å². The topological polar surface area (TPSA) is 25.8 Å². The minimum Gasteiger partial charge on any atom is -0.237 e. The van der Waals surface area contributed by atoms with Crippen molar-refractivity contribution in [2.24, 2.45) is 0 Å². The zero-order chi connectivity index (χ0) is 7.68. The SMILES string of the molecule is Cc1ccc2cccnc2n1. The Kier molecular flexibility index (Phi) is 1.32. The molecule has 0 saturated heterocycles. The third-order valence-corrected chi connectivity index (χ3v) is 1.60. The fraction of sp³-hybridized carbons (Fsp3) is 0.111. The van der Waals surface area contributed by atoms with Crippen LogP contribution in [-0.2, 0) is 0 Å². The van der Waals surface area contributed by atoms with Crippen molar-refractivity contribution in [3.05, 3.63) is 36.2 Å². The van der Waals surface area contributed by atoms with Crippen molar-refractivity contribution in [1.82, 2.24) is 9.97 Å². The summed E-state index contributed by atoms with van der Waals surface area (Å²) >= 11 is 0. The van der Waals surface area contributed by atoms with Crippen LogP contribution in [0.2, 0.25) is 0 Å². The summed E-state index contributed by atoms with van der Waals surface area (Å²) in [5.41, 5.74) is 1.84. The second-order valence-corrected chi connectivity index (χ2v) is 2.50. The van der Waals surface area contributed by atoms with Crippen molar-refractivity contribution >= 4 is 11.0 Å². The Bertz CT molecular complexity index is 382. The molecule has 0 saturated carbocycles. The average molecular weight is 144 g/mol. The third-order valence-electron chi connectivity index (χ3n) is 1.60. The van der Waals surface area contributed by atoms with E-state index in [0.29, 0.717) is 0 Å². The fourth-order valence-electron chi connectivity index (χ4n) is 1.05. The van der Waals surface area contributed by atoms with E-state index in [1.54, 1.807) is 6.20 Å². The van der Waals surface area contributed by atoms with Crippen LogP contribution < -0.4 is 0 Å². The normalized spacial score (nSPS) is 10.3. The number of fused-ring (bicyclic) bond motifs is 1. The van der Waals surface area contributed by atoms with Crippen LogP contribution in [0.5, 0.6) is 0 Å². The number of rotatable bonds is 0. The molecule has 2 aromatic rings. The van der Waals surface area contributed by atoms with Gasteiger partial charge in [-0.05, 0) is 31.2 Å². The van der Waals surface area contributed by atoms with Gasteiger partial charge in [-0.1, -0.05) is 0 Å². The molecule has 0 amide bonds. The molecule has 0 aliphatic carbocycles. The van der Waals surface area contributed by atoms with E-state index >= 15 is 0 Å². The number of hydrogen-bond donors (Lipinski definition) is 0. The molecule has 2 aromatic heterocycles. The predicted molar refractivity (Wildman–Crippen MR) is 44.3 cm³/mol. The monoisotopic (exact) mass is 144 g/mol. The highest BCUT2D eigenvalue weighted by atomic mass is 14.8. The zero-order valence-electron chi connectivity index (χ0n) is 6.28. The lowest BCUT2D eigenvalue weighted by Crippen LogP contribution is -1.84. The van der Waals surface area contributed by atoms with Gasteiger partial charge < -0.3 is 0 Å². The van der Waals surface area contributed by atoms with Crippen LogP contribution in [-0.4, -0.2) is 9.97 Å². The number of nitrogens with zero attached hydrogens (tertiary/aromatic N) is 2. The van der Waals surface area contributed by atoms with Crippen LogP contribution in [0.1, 0.15) is 5.69 Å². The molecule has 2 heterocycles. The molecular formula is C9H8N2. The number of hydrogen-bond acceptors (Lipinski definition) is 2. The van der Waals surface area contributed by atoms with E-state index < -0.39 is 0 Å². The van der Waals surface area contributed by atoms with Gasteiger partial charge in [0, 0.05) is 17.3 Å². The summed E-state index contributed by atoms with van der Waals surface area (Å²) in [4.78, 5) is 8.40. The maximum atomic E-state index is 4.26. The highest BCUT2D eigenvalue weighted by molar-refractivity contribution is 5.73. The predicted octanol–water partition coefficient (Wildman–Crippen LogP) is 1.94. The van der Waals surface area contributed by atoms with E-state index in [-0.39, 0.29) is 0 Å². The maximum Gasteiger partial charge on any atom is 0.159 e. The molecule has 0 aliphatic heterocycles. The van der Waals surface area contributed by atoms with E-state index in [1.165, 1.54) is 0 Å². The Morgan fingerprint density at radius 3 is 3.00 bits per heavy atom. The minimum atomic E-state index is 0.826. The molecule has 2 rings (SSSR count). The Hall–Kier alpha value is -1.44. The number of aryl methyl sites for hydroxylation is 1. The lowest BCUT2D eigenvalue weighted by Gasteiger charge is -1.94. The first-order chi connectivity index (χ1) is 5.36. The lowest BCUT2D eigenvalue weighted by molar-refractivity contribution is 1.20. The Balaban J connectivity index is 2.83. The molecule has 0 spiro atoms. The largest absolute Gasteiger partial charge is 0.237 e. The Morgan fingerprint density at radius 2 is 2.09 bits per heavy atom. The standard InChI is InChI=1S/C9H8N2/c1-7-4-5-8-3-2-6-10-9(8)11-7/h2-6H,1H3. The van der Waals surface area contributed by atoms with Gasteiger partial charge >= 0.3 is 0 Å². The van der Waals surface area contributed by atoms with Gasteiger partial charge in [0.05, 0.1) is 0 Å². The molecule has 11 heavy (non-hydrogen) atoms. The summed E-state index contributed by atoms with van der Waals surface area (Å²) in [7, 11) is 0. The fourth-order valence-corrected chi connectivity index (χ4v) is 1.05. The molecule has 54 valence electrons. The van der Waals surface area contributed by atoms with Gasteiger partial charge in [-0.15, -0.1) is 0 Å². The van der Waals surface area contributed by atoms with E-state index in [2.05, 4.69) is 9.97 Å². The molecule has 2 nitrogen and oxygen atoms in total. The molecule has 0 radical (unpaired) electrons. The van der Waals surface area contributed by atoms with Gasteiger partial charge in [0.15, 0.2) is 5.65 Å². The molecule has 2 heteroatoms. The Morgan fingerprint density at radius 1 is 1.18 bits per heavy atom. The van der Waals surface area contributed by atoms with Crippen molar-refractivity contribution in [2.75, 3.05) is 0 Å². The van der Waals surface area contributed by atoms with Crippen LogP contribution in [0.15, 0.2) is 30.5 Å². The quantitative estimate of drug-likeness (QED) is 0.564. The average Bonchev–Trinajstić information content (AvgIpc) is 2.04. The third kappa shape index (κ3) is 1.07. The van der Waals surface area contributed by atoms with Crippen LogP contribution in [0.25, 0.3) is 11.0 Å². The van der Waals surface area contributed by atoms with Gasteiger partial charge in [-0.3, -0.25) is 0 Å². The summed E-state index contributed by atoms with van der Waals surface area (Å²) in [6, 6.07) is 7.95. The summed E-state index contributed by atoms with van der Waals surface area (Å²) in [6.07, 6.45) is 1.76. The smallest absolute Gasteiger partial charge is 0.159 e. The van der Waals surface area contributed by atoms with Crippen molar-refractivity contribution < 1.29 is 0 Å². The van der Waals surface area contributed by atoms with Crippen molar-refractivity contribution in [1.29, 1.82) is 0 Å². The molecular weight excluding hydrogens is 136 g/mol. The first-order valence-corrected chi connectivity index (χ1v) is 3.55. The van der Waals surface area contributed by atoms with Crippen LogP contribution in [0.4, 0.5) is 0 Å². The highest BCUT2D eigenvalue weighted by Gasteiger charge is 1.92. The summed E-state index contributed by atoms with van der Waals surface area (Å²) in [5.74, 6) is 0. The minimum absolute atomic E-state index is 0.826. The first kappa shape index (κ1) is 6.28. The zero-order valence-corrected chi connectivity index (χ0v) is 6.28. The van der Waals surface area contributed by atoms with E-state index in [1.807, 2.05) is 31.2 Å². The maximum absolute atomic E-state index is 4.26. The molecule has 0 bridgehead atoms. The van der Waals surface area contributed by atoms with Crippen LogP contribution in [0, 0.1) is 6.92 Å². The molecule has 0 atom stereocenters. The van der Waals surface area contributed by atoms with Gasteiger partial charge in [0.25, 0.3) is 0 Å². The van der Waals surface area contributed by atoms with Crippen molar-refractivity contribution in [3.8, 4) is 0 Å². The summed E-state index contributed by atoms with van der Waals surface area (Å²) in [5, 5.41) is 1.10. The molecule has 0 N–H and O–H groups in total. The first-order valence-electron chi connectivity index (χ1n) is 3.55. The lowest BCUT2D eigenvalue weighted by atomic mass is 10.3.